The Balaban J connectivity index is 2.23. The lowest BCUT2D eigenvalue weighted by atomic mass is 9.88. The Morgan fingerprint density at radius 1 is 1.20 bits per heavy atom. The van der Waals surface area contributed by atoms with Gasteiger partial charge in [-0.25, -0.2) is 4.79 Å². The molecule has 2 aromatic rings. The maximum absolute atomic E-state index is 12.3. The van der Waals surface area contributed by atoms with Crippen molar-refractivity contribution in [2.75, 3.05) is 0 Å². The van der Waals surface area contributed by atoms with Crippen LogP contribution < -0.4 is 11.4 Å². The van der Waals surface area contributed by atoms with E-state index in [9.17, 15) is 4.79 Å². The molecule has 106 valence electrons. The lowest BCUT2D eigenvalue weighted by Crippen LogP contribution is -2.35. The molecule has 2 N–H and O–H groups in total. The summed E-state index contributed by atoms with van der Waals surface area (Å²) in [4.78, 5) is 12.3. The lowest BCUT2D eigenvalue weighted by molar-refractivity contribution is 0.459. The maximum Gasteiger partial charge on any atom is 0.332 e. The van der Waals surface area contributed by atoms with Crippen molar-refractivity contribution in [2.24, 2.45) is 12.8 Å². The SMILES string of the molecule is Cc1cn(C)c(=O)n1-c1ccccc1C1(N)CCCC1. The molecule has 0 saturated heterocycles. The first-order valence-corrected chi connectivity index (χ1v) is 7.17. The van der Waals surface area contributed by atoms with E-state index in [0.717, 1.165) is 42.6 Å². The van der Waals surface area contributed by atoms with Gasteiger partial charge in [-0.3, -0.25) is 4.57 Å². The largest absolute Gasteiger partial charge is 0.332 e. The fraction of sp³-hybridized carbons (Fsp3) is 0.438. The topological polar surface area (TPSA) is 53.0 Å². The van der Waals surface area contributed by atoms with Crippen molar-refractivity contribution < 1.29 is 0 Å². The molecule has 1 fully saturated rings. The van der Waals surface area contributed by atoms with Crippen LogP contribution >= 0.6 is 0 Å². The summed E-state index contributed by atoms with van der Waals surface area (Å²) in [6.07, 6.45) is 6.16. The zero-order valence-corrected chi connectivity index (χ0v) is 12.1. The van der Waals surface area contributed by atoms with Crippen molar-refractivity contribution in [3.05, 3.63) is 52.2 Å². The number of nitrogens with zero attached hydrogens (tertiary/aromatic N) is 2. The minimum atomic E-state index is -0.293. The fourth-order valence-corrected chi connectivity index (χ4v) is 3.36. The van der Waals surface area contributed by atoms with E-state index in [-0.39, 0.29) is 11.2 Å². The number of aromatic nitrogens is 2. The predicted octanol–water partition coefficient (Wildman–Crippen LogP) is 2.21. The van der Waals surface area contributed by atoms with Gasteiger partial charge in [-0.05, 0) is 31.4 Å². The molecule has 1 aromatic carbocycles. The molecule has 0 amide bonds. The summed E-state index contributed by atoms with van der Waals surface area (Å²) < 4.78 is 3.38. The third-order valence-corrected chi connectivity index (χ3v) is 4.40. The quantitative estimate of drug-likeness (QED) is 0.910. The molecule has 1 aliphatic carbocycles. The molecule has 4 heteroatoms. The van der Waals surface area contributed by atoms with Crippen LogP contribution in [0.5, 0.6) is 0 Å². The highest BCUT2D eigenvalue weighted by Crippen LogP contribution is 2.38. The van der Waals surface area contributed by atoms with Gasteiger partial charge in [-0.15, -0.1) is 0 Å². The zero-order chi connectivity index (χ0) is 14.3. The molecule has 4 nitrogen and oxygen atoms in total. The van der Waals surface area contributed by atoms with E-state index in [1.54, 1.807) is 16.2 Å². The number of benzene rings is 1. The molecule has 1 heterocycles. The number of imidazole rings is 1. The monoisotopic (exact) mass is 271 g/mol. The highest BCUT2D eigenvalue weighted by Gasteiger charge is 2.33. The second kappa shape index (κ2) is 4.63. The van der Waals surface area contributed by atoms with Crippen LogP contribution in [0.25, 0.3) is 5.69 Å². The van der Waals surface area contributed by atoms with Crippen LogP contribution in [0.2, 0.25) is 0 Å². The van der Waals surface area contributed by atoms with Gasteiger partial charge in [-0.1, -0.05) is 31.0 Å². The summed E-state index contributed by atoms with van der Waals surface area (Å²) in [5.41, 5.74) is 9.25. The Morgan fingerprint density at radius 3 is 2.45 bits per heavy atom. The Bertz CT molecular complexity index is 690. The standard InChI is InChI=1S/C16H21N3O/c1-12-11-18(2)15(20)19(12)14-8-4-3-7-13(14)16(17)9-5-6-10-16/h3-4,7-8,11H,5-6,9-10,17H2,1-2H3. The van der Waals surface area contributed by atoms with Crippen molar-refractivity contribution in [3.63, 3.8) is 0 Å². The fourth-order valence-electron chi connectivity index (χ4n) is 3.36. The van der Waals surface area contributed by atoms with Crippen LogP contribution in [0.3, 0.4) is 0 Å². The Labute approximate surface area is 118 Å². The van der Waals surface area contributed by atoms with E-state index < -0.39 is 0 Å². The smallest absolute Gasteiger partial charge is 0.321 e. The summed E-state index contributed by atoms with van der Waals surface area (Å²) in [5.74, 6) is 0. The minimum Gasteiger partial charge on any atom is -0.321 e. The van der Waals surface area contributed by atoms with Gasteiger partial charge >= 0.3 is 5.69 Å². The summed E-state index contributed by atoms with van der Waals surface area (Å²) in [6, 6.07) is 8.04. The summed E-state index contributed by atoms with van der Waals surface area (Å²) in [5, 5.41) is 0. The normalized spacial score (nSPS) is 17.6. The highest BCUT2D eigenvalue weighted by molar-refractivity contribution is 5.46. The third-order valence-electron chi connectivity index (χ3n) is 4.40. The number of rotatable bonds is 2. The van der Waals surface area contributed by atoms with E-state index in [0.29, 0.717) is 0 Å². The molecule has 0 bridgehead atoms. The average Bonchev–Trinajstić information content (AvgIpc) is 2.96. The molecule has 0 spiro atoms. The van der Waals surface area contributed by atoms with Gasteiger partial charge < -0.3 is 10.3 Å². The highest BCUT2D eigenvalue weighted by atomic mass is 16.1. The van der Waals surface area contributed by atoms with Crippen LogP contribution in [0.1, 0.15) is 36.9 Å². The van der Waals surface area contributed by atoms with Gasteiger partial charge in [0.15, 0.2) is 0 Å². The van der Waals surface area contributed by atoms with Gasteiger partial charge in [0, 0.05) is 24.5 Å². The van der Waals surface area contributed by atoms with Gasteiger partial charge in [0.1, 0.15) is 0 Å². The van der Waals surface area contributed by atoms with Crippen molar-refractivity contribution in [3.8, 4) is 5.69 Å². The molecular formula is C16H21N3O. The minimum absolute atomic E-state index is 0.0171. The molecule has 1 aliphatic rings. The molecule has 1 aromatic heterocycles. The Morgan fingerprint density at radius 2 is 1.85 bits per heavy atom. The molecule has 20 heavy (non-hydrogen) atoms. The van der Waals surface area contributed by atoms with E-state index in [1.165, 1.54) is 0 Å². The first kappa shape index (κ1) is 13.2. The molecule has 3 rings (SSSR count). The van der Waals surface area contributed by atoms with Crippen molar-refractivity contribution in [2.45, 2.75) is 38.1 Å². The van der Waals surface area contributed by atoms with Gasteiger partial charge in [-0.2, -0.15) is 0 Å². The van der Waals surface area contributed by atoms with Crippen LogP contribution in [-0.4, -0.2) is 9.13 Å². The third kappa shape index (κ3) is 1.91. The number of hydrogen-bond donors (Lipinski definition) is 1. The summed E-state index contributed by atoms with van der Waals surface area (Å²) >= 11 is 0. The van der Waals surface area contributed by atoms with Gasteiger partial charge in [0.25, 0.3) is 0 Å². The number of para-hydroxylation sites is 1. The van der Waals surface area contributed by atoms with Crippen LogP contribution in [0.4, 0.5) is 0 Å². The molecule has 1 saturated carbocycles. The first-order chi connectivity index (χ1) is 9.53. The second-order valence-electron chi connectivity index (χ2n) is 5.88. The summed E-state index contributed by atoms with van der Waals surface area (Å²) in [6.45, 7) is 1.95. The van der Waals surface area contributed by atoms with Crippen LogP contribution in [-0.2, 0) is 12.6 Å². The summed E-state index contributed by atoms with van der Waals surface area (Å²) in [7, 11) is 1.78. The zero-order valence-electron chi connectivity index (χ0n) is 12.1. The van der Waals surface area contributed by atoms with E-state index in [1.807, 2.05) is 31.3 Å². The van der Waals surface area contributed by atoms with E-state index >= 15 is 0 Å². The van der Waals surface area contributed by atoms with Crippen molar-refractivity contribution >= 4 is 0 Å². The molecule has 0 atom stereocenters. The average molecular weight is 271 g/mol. The van der Waals surface area contributed by atoms with E-state index in [2.05, 4.69) is 6.07 Å². The second-order valence-corrected chi connectivity index (χ2v) is 5.88. The number of hydrogen-bond acceptors (Lipinski definition) is 2. The Kier molecular flexibility index (Phi) is 3.05. The molecule has 0 unspecified atom stereocenters. The Hall–Kier alpha value is -1.81. The molecule has 0 aliphatic heterocycles. The van der Waals surface area contributed by atoms with E-state index in [4.69, 9.17) is 5.73 Å². The van der Waals surface area contributed by atoms with Crippen molar-refractivity contribution in [1.29, 1.82) is 0 Å². The van der Waals surface area contributed by atoms with Gasteiger partial charge in [0.2, 0.25) is 0 Å². The number of nitrogens with two attached hydrogens (primary N) is 1. The molecular weight excluding hydrogens is 250 g/mol. The van der Waals surface area contributed by atoms with Crippen LogP contribution in [0.15, 0.2) is 35.3 Å². The lowest BCUT2D eigenvalue weighted by Gasteiger charge is -2.27. The predicted molar refractivity (Wildman–Crippen MR) is 80.1 cm³/mol. The maximum atomic E-state index is 12.3. The van der Waals surface area contributed by atoms with Crippen LogP contribution in [0, 0.1) is 6.92 Å². The van der Waals surface area contributed by atoms with Gasteiger partial charge in [0.05, 0.1) is 5.69 Å². The van der Waals surface area contributed by atoms with Crippen molar-refractivity contribution in [1.82, 2.24) is 9.13 Å². The number of aryl methyl sites for hydroxylation is 2. The molecule has 0 radical (unpaired) electrons. The first-order valence-electron chi connectivity index (χ1n) is 7.17.